The van der Waals surface area contributed by atoms with Crippen LogP contribution in [0.2, 0.25) is 0 Å². The van der Waals surface area contributed by atoms with Gasteiger partial charge in [-0.05, 0) is 6.42 Å². The zero-order valence-electron chi connectivity index (χ0n) is 6.44. The number of hydrogen-bond acceptors (Lipinski definition) is 2. The second kappa shape index (κ2) is 6.15. The van der Waals surface area contributed by atoms with Gasteiger partial charge in [-0.25, -0.2) is 0 Å². The van der Waals surface area contributed by atoms with Gasteiger partial charge in [0, 0.05) is 13.3 Å². The molecule has 0 aliphatic rings. The molecule has 0 radical (unpaired) electrons. The highest BCUT2D eigenvalue weighted by Gasteiger charge is 1.97. The number of rotatable bonds is 3. The van der Waals surface area contributed by atoms with E-state index in [-0.39, 0.29) is 5.97 Å². The lowest BCUT2D eigenvalue weighted by molar-refractivity contribution is -0.136. The Hall–Kier alpha value is -0.970. The molecule has 0 aliphatic carbocycles. The quantitative estimate of drug-likeness (QED) is 0.440. The van der Waals surface area contributed by atoms with Crippen molar-refractivity contribution in [3.8, 4) is 12.0 Å². The summed E-state index contributed by atoms with van der Waals surface area (Å²) in [5.74, 6) is 2.26. The predicted molar refractivity (Wildman–Crippen MR) is 39.1 cm³/mol. The van der Waals surface area contributed by atoms with Crippen molar-refractivity contribution in [2.24, 2.45) is 0 Å². The largest absolute Gasteiger partial charge is 0.372 e. The molecule has 0 aromatic carbocycles. The molecule has 56 valence electrons. The number of hydrogen-bond donors (Lipinski definition) is 0. The lowest BCUT2D eigenvalue weighted by atomic mass is 10.3. The summed E-state index contributed by atoms with van der Waals surface area (Å²) in [6.45, 7) is 3.66. The Morgan fingerprint density at radius 3 is 2.80 bits per heavy atom. The van der Waals surface area contributed by atoms with Crippen molar-refractivity contribution >= 4 is 5.97 Å². The van der Waals surface area contributed by atoms with Gasteiger partial charge in [-0.1, -0.05) is 19.3 Å². The van der Waals surface area contributed by atoms with Crippen molar-refractivity contribution in [1.29, 1.82) is 0 Å². The molecular formula is C8H12O2. The summed E-state index contributed by atoms with van der Waals surface area (Å²) in [6, 6.07) is 0. The van der Waals surface area contributed by atoms with Crippen molar-refractivity contribution in [3.05, 3.63) is 0 Å². The number of esters is 1. The van der Waals surface area contributed by atoms with E-state index in [9.17, 15) is 4.79 Å². The zero-order valence-corrected chi connectivity index (χ0v) is 6.44. The number of unbranched alkanes of at least 4 members (excludes halogenated alkanes) is 1. The van der Waals surface area contributed by atoms with Crippen LogP contribution in [0.1, 0.15) is 33.1 Å². The zero-order chi connectivity index (χ0) is 7.82. The molecule has 0 aromatic heterocycles. The summed E-state index contributed by atoms with van der Waals surface area (Å²) in [7, 11) is 0. The lowest BCUT2D eigenvalue weighted by Gasteiger charge is -1.92. The van der Waals surface area contributed by atoms with Gasteiger partial charge in [0.15, 0.2) is 0 Å². The molecule has 0 spiro atoms. The van der Waals surface area contributed by atoms with E-state index in [1.165, 1.54) is 0 Å². The molecule has 2 heteroatoms. The molecule has 10 heavy (non-hydrogen) atoms. The van der Waals surface area contributed by atoms with E-state index in [0.29, 0.717) is 6.42 Å². The lowest BCUT2D eigenvalue weighted by Crippen LogP contribution is -1.98. The fourth-order valence-corrected chi connectivity index (χ4v) is 0.480. The minimum absolute atomic E-state index is 0.226. The standard InChI is InChI=1S/C8H12O2/c1-3-5-6-8(9)10-7-4-2/h3,5-6H2,1-2H3. The molecular weight excluding hydrogens is 128 g/mol. The van der Waals surface area contributed by atoms with E-state index in [4.69, 9.17) is 0 Å². The Morgan fingerprint density at radius 2 is 2.30 bits per heavy atom. The highest BCUT2D eigenvalue weighted by atomic mass is 16.5. The van der Waals surface area contributed by atoms with Gasteiger partial charge < -0.3 is 4.74 Å². The first-order chi connectivity index (χ1) is 4.81. The maximum atomic E-state index is 10.6. The van der Waals surface area contributed by atoms with Crippen LogP contribution in [0.25, 0.3) is 0 Å². The van der Waals surface area contributed by atoms with Crippen LogP contribution in [0.5, 0.6) is 0 Å². The van der Waals surface area contributed by atoms with Crippen molar-refractivity contribution in [2.45, 2.75) is 33.1 Å². The molecule has 0 saturated carbocycles. The number of carbonyl (C=O) groups is 1. The predicted octanol–water partition coefficient (Wildman–Crippen LogP) is 1.70. The number of carbonyl (C=O) groups excluding carboxylic acids is 1. The second-order valence-electron chi connectivity index (χ2n) is 1.93. The normalized spacial score (nSPS) is 7.80. The summed E-state index contributed by atoms with van der Waals surface area (Å²) in [4.78, 5) is 10.6. The average Bonchev–Trinajstić information content (AvgIpc) is 1.97. The first-order valence-corrected chi connectivity index (χ1v) is 3.42. The Labute approximate surface area is 61.6 Å². The monoisotopic (exact) mass is 140 g/mol. The molecule has 0 amide bonds. The SMILES string of the molecule is CC#COC(=O)CCCC. The maximum absolute atomic E-state index is 10.6. The topological polar surface area (TPSA) is 26.3 Å². The third kappa shape index (κ3) is 5.17. The van der Waals surface area contributed by atoms with Gasteiger partial charge in [-0.15, -0.1) is 0 Å². The summed E-state index contributed by atoms with van der Waals surface area (Å²) in [5.41, 5.74) is 0. The third-order valence-corrected chi connectivity index (χ3v) is 1.00. The fraction of sp³-hybridized carbons (Fsp3) is 0.625. The first-order valence-electron chi connectivity index (χ1n) is 3.42. The number of ether oxygens (including phenoxy) is 1. The Balaban J connectivity index is 3.31. The summed E-state index contributed by atoms with van der Waals surface area (Å²) >= 11 is 0. The van der Waals surface area contributed by atoms with Crippen LogP contribution in [0.15, 0.2) is 0 Å². The van der Waals surface area contributed by atoms with E-state index in [0.717, 1.165) is 12.8 Å². The van der Waals surface area contributed by atoms with Crippen LogP contribution in [0.3, 0.4) is 0 Å². The Bertz CT molecular complexity index is 150. The molecule has 0 fully saturated rings. The molecule has 0 heterocycles. The molecule has 0 aliphatic heterocycles. The minimum Gasteiger partial charge on any atom is -0.372 e. The van der Waals surface area contributed by atoms with Crippen LogP contribution in [-0.4, -0.2) is 5.97 Å². The minimum atomic E-state index is -0.226. The smallest absolute Gasteiger partial charge is 0.319 e. The molecule has 0 saturated heterocycles. The Kier molecular flexibility index (Phi) is 5.56. The molecule has 0 aromatic rings. The van der Waals surface area contributed by atoms with Crippen LogP contribution in [0.4, 0.5) is 0 Å². The first kappa shape index (κ1) is 9.03. The molecule has 0 rings (SSSR count). The summed E-state index contributed by atoms with van der Waals surface area (Å²) in [6.07, 6.45) is 4.62. The second-order valence-corrected chi connectivity index (χ2v) is 1.93. The summed E-state index contributed by atoms with van der Waals surface area (Å²) in [5, 5.41) is 0. The van der Waals surface area contributed by atoms with E-state index < -0.39 is 0 Å². The average molecular weight is 140 g/mol. The maximum Gasteiger partial charge on any atom is 0.319 e. The molecule has 0 atom stereocenters. The van der Waals surface area contributed by atoms with Gasteiger partial charge >= 0.3 is 5.97 Å². The fourth-order valence-electron chi connectivity index (χ4n) is 0.480. The molecule has 2 nitrogen and oxygen atoms in total. The molecule has 0 unspecified atom stereocenters. The van der Waals surface area contributed by atoms with E-state index in [1.54, 1.807) is 6.92 Å². The highest BCUT2D eigenvalue weighted by molar-refractivity contribution is 5.70. The van der Waals surface area contributed by atoms with Crippen LogP contribution in [0, 0.1) is 12.0 Å². The van der Waals surface area contributed by atoms with E-state index >= 15 is 0 Å². The van der Waals surface area contributed by atoms with Crippen LogP contribution < -0.4 is 0 Å². The highest BCUT2D eigenvalue weighted by Crippen LogP contribution is 1.94. The van der Waals surface area contributed by atoms with Gasteiger partial charge in [0.1, 0.15) is 6.11 Å². The molecule has 0 bridgehead atoms. The van der Waals surface area contributed by atoms with E-state index in [2.05, 4.69) is 16.8 Å². The van der Waals surface area contributed by atoms with Crippen LogP contribution in [-0.2, 0) is 9.53 Å². The van der Waals surface area contributed by atoms with E-state index in [1.807, 2.05) is 6.92 Å². The van der Waals surface area contributed by atoms with Crippen LogP contribution >= 0.6 is 0 Å². The van der Waals surface area contributed by atoms with Gasteiger partial charge in [0.2, 0.25) is 0 Å². The van der Waals surface area contributed by atoms with Gasteiger partial charge in [-0.2, -0.15) is 0 Å². The van der Waals surface area contributed by atoms with Gasteiger partial charge in [0.05, 0.1) is 0 Å². The van der Waals surface area contributed by atoms with Crippen molar-refractivity contribution in [3.63, 3.8) is 0 Å². The van der Waals surface area contributed by atoms with Crippen molar-refractivity contribution in [2.75, 3.05) is 0 Å². The van der Waals surface area contributed by atoms with Crippen molar-refractivity contribution in [1.82, 2.24) is 0 Å². The van der Waals surface area contributed by atoms with Crippen molar-refractivity contribution < 1.29 is 9.53 Å². The third-order valence-electron chi connectivity index (χ3n) is 1.00. The van der Waals surface area contributed by atoms with Gasteiger partial charge in [-0.3, -0.25) is 4.79 Å². The molecule has 0 N–H and O–H groups in total. The van der Waals surface area contributed by atoms with Gasteiger partial charge in [0.25, 0.3) is 0 Å². The Morgan fingerprint density at radius 1 is 1.60 bits per heavy atom. The summed E-state index contributed by atoms with van der Waals surface area (Å²) < 4.78 is 4.49.